The SMILES string of the molecule is Cc1cc(C(=O)N[C@@H](Cc2ccccc2)C(=O)C(N)=O)n(-c2ccc(-c3ccccc3)nn2)n1. The van der Waals surface area contributed by atoms with Crippen LogP contribution in [0, 0.1) is 6.92 Å². The largest absolute Gasteiger partial charge is 0.363 e. The third-order valence-corrected chi connectivity index (χ3v) is 5.15. The summed E-state index contributed by atoms with van der Waals surface area (Å²) in [6.45, 7) is 1.73. The van der Waals surface area contributed by atoms with Gasteiger partial charge in [0.1, 0.15) is 11.7 Å². The number of ketones is 1. The Morgan fingerprint density at radius 3 is 2.24 bits per heavy atom. The van der Waals surface area contributed by atoms with Crippen LogP contribution >= 0.6 is 0 Å². The molecule has 0 aliphatic heterocycles. The molecule has 0 saturated carbocycles. The number of amides is 2. The molecule has 4 rings (SSSR count). The van der Waals surface area contributed by atoms with Crippen LogP contribution in [0.15, 0.2) is 78.9 Å². The Kier molecular flexibility index (Phi) is 6.54. The first-order valence-electron chi connectivity index (χ1n) is 10.6. The van der Waals surface area contributed by atoms with Crippen molar-refractivity contribution in [2.45, 2.75) is 19.4 Å². The van der Waals surface area contributed by atoms with Crippen LogP contribution in [-0.4, -0.2) is 43.6 Å². The first-order valence-corrected chi connectivity index (χ1v) is 10.6. The van der Waals surface area contributed by atoms with Crippen molar-refractivity contribution in [1.29, 1.82) is 0 Å². The maximum atomic E-state index is 13.1. The van der Waals surface area contributed by atoms with Gasteiger partial charge in [0.05, 0.1) is 11.4 Å². The van der Waals surface area contributed by atoms with Gasteiger partial charge in [-0.1, -0.05) is 60.7 Å². The van der Waals surface area contributed by atoms with Crippen LogP contribution in [0.2, 0.25) is 0 Å². The monoisotopic (exact) mass is 454 g/mol. The van der Waals surface area contributed by atoms with E-state index in [2.05, 4.69) is 20.6 Å². The van der Waals surface area contributed by atoms with Crippen LogP contribution < -0.4 is 11.1 Å². The minimum absolute atomic E-state index is 0.118. The minimum Gasteiger partial charge on any atom is -0.363 e. The topological polar surface area (TPSA) is 133 Å². The van der Waals surface area contributed by atoms with Gasteiger partial charge < -0.3 is 11.1 Å². The van der Waals surface area contributed by atoms with Gasteiger partial charge in [-0.05, 0) is 30.7 Å². The summed E-state index contributed by atoms with van der Waals surface area (Å²) in [5.74, 6) is -2.26. The van der Waals surface area contributed by atoms with Crippen LogP contribution in [0.1, 0.15) is 21.7 Å². The number of carbonyl (C=O) groups is 3. The van der Waals surface area contributed by atoms with Gasteiger partial charge in [-0.2, -0.15) is 5.10 Å². The highest BCUT2D eigenvalue weighted by Crippen LogP contribution is 2.17. The maximum Gasteiger partial charge on any atom is 0.287 e. The molecule has 0 saturated heterocycles. The molecule has 34 heavy (non-hydrogen) atoms. The van der Waals surface area contributed by atoms with Gasteiger partial charge in [0.25, 0.3) is 11.8 Å². The molecule has 0 radical (unpaired) electrons. The number of hydrogen-bond acceptors (Lipinski definition) is 6. The van der Waals surface area contributed by atoms with Gasteiger partial charge in [0.2, 0.25) is 5.78 Å². The van der Waals surface area contributed by atoms with Crippen molar-refractivity contribution in [2.24, 2.45) is 5.73 Å². The molecule has 2 aromatic heterocycles. The van der Waals surface area contributed by atoms with Crippen LogP contribution in [0.3, 0.4) is 0 Å². The summed E-state index contributed by atoms with van der Waals surface area (Å²) in [4.78, 5) is 37.1. The molecular weight excluding hydrogens is 432 g/mol. The second-order valence-electron chi connectivity index (χ2n) is 7.67. The molecule has 0 bridgehead atoms. The third kappa shape index (κ3) is 5.04. The highest BCUT2D eigenvalue weighted by Gasteiger charge is 2.27. The van der Waals surface area contributed by atoms with E-state index in [1.165, 1.54) is 4.68 Å². The number of aryl methyl sites for hydroxylation is 1. The number of hydrogen-bond donors (Lipinski definition) is 2. The summed E-state index contributed by atoms with van der Waals surface area (Å²) < 4.78 is 1.35. The van der Waals surface area contributed by atoms with Gasteiger partial charge in [-0.15, -0.1) is 10.2 Å². The van der Waals surface area contributed by atoms with Crippen molar-refractivity contribution >= 4 is 17.6 Å². The second-order valence-corrected chi connectivity index (χ2v) is 7.67. The number of rotatable bonds is 8. The molecule has 170 valence electrons. The zero-order valence-electron chi connectivity index (χ0n) is 18.4. The number of nitrogens with zero attached hydrogens (tertiary/aromatic N) is 4. The van der Waals surface area contributed by atoms with E-state index in [0.29, 0.717) is 17.2 Å². The van der Waals surface area contributed by atoms with E-state index in [0.717, 1.165) is 11.1 Å². The number of benzene rings is 2. The zero-order chi connectivity index (χ0) is 24.1. The van der Waals surface area contributed by atoms with Gasteiger partial charge in [0.15, 0.2) is 5.82 Å². The third-order valence-electron chi connectivity index (χ3n) is 5.15. The molecule has 9 nitrogen and oxygen atoms in total. The maximum absolute atomic E-state index is 13.1. The number of nitrogens with two attached hydrogens (primary N) is 1. The van der Waals surface area contributed by atoms with Crippen molar-refractivity contribution in [3.05, 3.63) is 95.8 Å². The van der Waals surface area contributed by atoms with Crippen LogP contribution in [-0.2, 0) is 16.0 Å². The summed E-state index contributed by atoms with van der Waals surface area (Å²) >= 11 is 0. The van der Waals surface area contributed by atoms with Crippen molar-refractivity contribution < 1.29 is 14.4 Å². The quantitative estimate of drug-likeness (QED) is 0.392. The van der Waals surface area contributed by atoms with E-state index < -0.39 is 23.6 Å². The van der Waals surface area contributed by atoms with E-state index >= 15 is 0 Å². The first-order chi connectivity index (χ1) is 16.4. The Morgan fingerprint density at radius 2 is 1.62 bits per heavy atom. The van der Waals surface area contributed by atoms with Crippen LogP contribution in [0.4, 0.5) is 0 Å². The predicted octanol–water partition coefficient (Wildman–Crippen LogP) is 2.03. The lowest BCUT2D eigenvalue weighted by Gasteiger charge is -2.16. The summed E-state index contributed by atoms with van der Waals surface area (Å²) in [6.07, 6.45) is 0.118. The average molecular weight is 454 g/mol. The molecule has 0 unspecified atom stereocenters. The van der Waals surface area contributed by atoms with E-state index in [9.17, 15) is 14.4 Å². The molecule has 0 aliphatic carbocycles. The highest BCUT2D eigenvalue weighted by molar-refractivity contribution is 6.38. The highest BCUT2D eigenvalue weighted by atomic mass is 16.2. The normalized spacial score (nSPS) is 11.6. The number of aromatic nitrogens is 4. The van der Waals surface area contributed by atoms with Crippen molar-refractivity contribution in [1.82, 2.24) is 25.3 Å². The summed E-state index contributed by atoms with van der Waals surface area (Å²) in [6, 6.07) is 22.5. The number of Topliss-reactive ketones (excluding diaryl/α,β-unsaturated/α-hetero) is 1. The molecule has 2 aromatic carbocycles. The molecule has 0 fully saturated rings. The van der Waals surface area contributed by atoms with Crippen LogP contribution in [0.25, 0.3) is 17.1 Å². The summed E-state index contributed by atoms with van der Waals surface area (Å²) in [7, 11) is 0. The summed E-state index contributed by atoms with van der Waals surface area (Å²) in [5.41, 5.74) is 8.29. The van der Waals surface area contributed by atoms with E-state index in [1.807, 2.05) is 36.4 Å². The van der Waals surface area contributed by atoms with Gasteiger partial charge >= 0.3 is 0 Å². The first kappa shape index (κ1) is 22.5. The van der Waals surface area contributed by atoms with Crippen molar-refractivity contribution in [3.8, 4) is 17.1 Å². The Balaban J connectivity index is 1.60. The van der Waals surface area contributed by atoms with E-state index in [4.69, 9.17) is 5.73 Å². The second kappa shape index (κ2) is 9.86. The fourth-order valence-electron chi connectivity index (χ4n) is 3.50. The van der Waals surface area contributed by atoms with Crippen LogP contribution in [0.5, 0.6) is 0 Å². The molecule has 0 aliphatic rings. The Hall–Kier alpha value is -4.66. The molecule has 0 spiro atoms. The minimum atomic E-state index is -1.12. The number of primary amides is 1. The Labute approximate surface area is 195 Å². The number of nitrogens with one attached hydrogen (secondary N) is 1. The van der Waals surface area contributed by atoms with E-state index in [1.54, 1.807) is 49.4 Å². The summed E-state index contributed by atoms with van der Waals surface area (Å²) in [5, 5.41) is 15.4. The predicted molar refractivity (Wildman–Crippen MR) is 125 cm³/mol. The molecular formula is C25H22N6O3. The Morgan fingerprint density at radius 1 is 0.941 bits per heavy atom. The van der Waals surface area contributed by atoms with Gasteiger partial charge in [-0.25, -0.2) is 4.68 Å². The van der Waals surface area contributed by atoms with Crippen molar-refractivity contribution in [2.75, 3.05) is 0 Å². The zero-order valence-corrected chi connectivity index (χ0v) is 18.4. The smallest absolute Gasteiger partial charge is 0.287 e. The molecule has 4 aromatic rings. The molecule has 1 atom stereocenters. The molecule has 3 N–H and O–H groups in total. The lowest BCUT2D eigenvalue weighted by Crippen LogP contribution is -2.47. The van der Waals surface area contributed by atoms with Gasteiger partial charge in [0, 0.05) is 12.0 Å². The molecule has 2 amide bonds. The Bertz CT molecular complexity index is 1320. The van der Waals surface area contributed by atoms with Crippen molar-refractivity contribution in [3.63, 3.8) is 0 Å². The molecule has 9 heteroatoms. The fraction of sp³-hybridized carbons (Fsp3) is 0.120. The average Bonchev–Trinajstić information content (AvgIpc) is 3.26. The van der Waals surface area contributed by atoms with Gasteiger partial charge in [-0.3, -0.25) is 14.4 Å². The standard InChI is InChI=1S/C25H22N6O3/c1-16-14-21(25(34)27-20(23(32)24(26)33)15-17-8-4-2-5-9-17)31(30-16)22-13-12-19(28-29-22)18-10-6-3-7-11-18/h2-14,20H,15H2,1H3,(H2,26,33)(H,27,34)/t20-/m0/s1. The lowest BCUT2D eigenvalue weighted by molar-refractivity contribution is -0.137. The van der Waals surface area contributed by atoms with E-state index in [-0.39, 0.29) is 12.1 Å². The number of carbonyl (C=O) groups excluding carboxylic acids is 3. The fourth-order valence-corrected chi connectivity index (χ4v) is 3.50. The molecule has 2 heterocycles. The lowest BCUT2D eigenvalue weighted by atomic mass is 10.0.